The molecule has 4 heteroatoms. The van der Waals surface area contributed by atoms with E-state index in [2.05, 4.69) is 6.92 Å². The number of likely N-dealkylation sites (tertiary alicyclic amines) is 1. The highest BCUT2D eigenvalue weighted by Crippen LogP contribution is 2.21. The van der Waals surface area contributed by atoms with Crippen LogP contribution in [0.25, 0.3) is 0 Å². The number of hydrogen-bond acceptors (Lipinski definition) is 2. The number of nitrogens with two attached hydrogens (primary N) is 1. The Morgan fingerprint density at radius 3 is 2.89 bits per heavy atom. The first-order valence-corrected chi connectivity index (χ1v) is 6.84. The van der Waals surface area contributed by atoms with Crippen LogP contribution in [0.4, 0.5) is 4.39 Å². The zero-order valence-corrected chi connectivity index (χ0v) is 11.5. The molecule has 3 nitrogen and oxygen atoms in total. The van der Waals surface area contributed by atoms with Crippen molar-refractivity contribution in [2.45, 2.75) is 32.7 Å². The van der Waals surface area contributed by atoms with E-state index in [0.29, 0.717) is 19.0 Å². The summed E-state index contributed by atoms with van der Waals surface area (Å²) in [4.78, 5) is 14.1. The van der Waals surface area contributed by atoms with Gasteiger partial charge in [0, 0.05) is 19.1 Å². The van der Waals surface area contributed by atoms with Crippen molar-refractivity contribution in [2.75, 3.05) is 13.1 Å². The molecule has 1 saturated heterocycles. The number of carbonyl (C=O) groups is 1. The van der Waals surface area contributed by atoms with Crippen LogP contribution in [0, 0.1) is 18.7 Å². The first-order valence-electron chi connectivity index (χ1n) is 6.84. The summed E-state index contributed by atoms with van der Waals surface area (Å²) >= 11 is 0. The average Bonchev–Trinajstić information content (AvgIpc) is 2.38. The van der Waals surface area contributed by atoms with Gasteiger partial charge in [0.2, 0.25) is 0 Å². The predicted molar refractivity (Wildman–Crippen MR) is 73.4 cm³/mol. The lowest BCUT2D eigenvalue weighted by Crippen LogP contribution is -2.49. The Balaban J connectivity index is 2.15. The number of amides is 1. The third-order valence-corrected chi connectivity index (χ3v) is 3.96. The fraction of sp³-hybridized carbons (Fsp3) is 0.533. The monoisotopic (exact) mass is 264 g/mol. The van der Waals surface area contributed by atoms with E-state index in [1.54, 1.807) is 17.0 Å². The van der Waals surface area contributed by atoms with Crippen LogP contribution in [-0.4, -0.2) is 29.9 Å². The van der Waals surface area contributed by atoms with Crippen LogP contribution in [0.15, 0.2) is 18.2 Å². The van der Waals surface area contributed by atoms with E-state index in [4.69, 9.17) is 5.73 Å². The zero-order valence-electron chi connectivity index (χ0n) is 11.5. The highest BCUT2D eigenvalue weighted by Gasteiger charge is 2.29. The average molecular weight is 264 g/mol. The zero-order chi connectivity index (χ0) is 14.0. The molecule has 104 valence electrons. The van der Waals surface area contributed by atoms with Crippen LogP contribution >= 0.6 is 0 Å². The molecule has 1 fully saturated rings. The third-order valence-electron chi connectivity index (χ3n) is 3.96. The van der Waals surface area contributed by atoms with Crippen LogP contribution in [0.1, 0.15) is 35.7 Å². The molecule has 1 aliphatic heterocycles. The maximum absolute atomic E-state index is 13.8. The number of piperidine rings is 1. The molecular formula is C15H21FN2O. The molecule has 2 rings (SSSR count). The molecule has 1 aliphatic rings. The lowest BCUT2D eigenvalue weighted by molar-refractivity contribution is 0.0644. The number of hydrogen-bond donors (Lipinski definition) is 1. The summed E-state index contributed by atoms with van der Waals surface area (Å²) in [5, 5.41) is 0. The summed E-state index contributed by atoms with van der Waals surface area (Å²) in [6.07, 6.45) is 1.74. The van der Waals surface area contributed by atoms with E-state index in [1.807, 2.05) is 6.92 Å². The number of nitrogens with zero attached hydrogens (tertiary/aromatic N) is 1. The molecule has 1 aromatic carbocycles. The van der Waals surface area contributed by atoms with Gasteiger partial charge >= 0.3 is 0 Å². The van der Waals surface area contributed by atoms with Gasteiger partial charge in [0.25, 0.3) is 5.91 Å². The van der Waals surface area contributed by atoms with Gasteiger partial charge in [-0.25, -0.2) is 4.39 Å². The van der Waals surface area contributed by atoms with Crippen LogP contribution in [0.5, 0.6) is 0 Å². The second-order valence-corrected chi connectivity index (χ2v) is 5.36. The largest absolute Gasteiger partial charge is 0.338 e. The second-order valence-electron chi connectivity index (χ2n) is 5.36. The van der Waals surface area contributed by atoms with E-state index in [9.17, 15) is 9.18 Å². The van der Waals surface area contributed by atoms with Crippen molar-refractivity contribution in [1.82, 2.24) is 4.90 Å². The van der Waals surface area contributed by atoms with Gasteiger partial charge in [0.05, 0.1) is 5.56 Å². The Morgan fingerprint density at radius 2 is 2.26 bits per heavy atom. The van der Waals surface area contributed by atoms with Crippen molar-refractivity contribution in [1.29, 1.82) is 0 Å². The normalized spacial score (nSPS) is 23.5. The molecule has 1 heterocycles. The Morgan fingerprint density at radius 1 is 1.53 bits per heavy atom. The fourth-order valence-corrected chi connectivity index (χ4v) is 2.63. The Labute approximate surface area is 113 Å². The van der Waals surface area contributed by atoms with Crippen LogP contribution in [0.2, 0.25) is 0 Å². The molecule has 0 radical (unpaired) electrons. The van der Waals surface area contributed by atoms with Crippen LogP contribution in [0.3, 0.4) is 0 Å². The van der Waals surface area contributed by atoms with Gasteiger partial charge in [-0.05, 0) is 37.0 Å². The molecule has 0 saturated carbocycles. The number of halogens is 1. The molecule has 2 unspecified atom stereocenters. The van der Waals surface area contributed by atoms with Crippen molar-refractivity contribution < 1.29 is 9.18 Å². The van der Waals surface area contributed by atoms with Crippen molar-refractivity contribution in [3.05, 3.63) is 35.1 Å². The summed E-state index contributed by atoms with van der Waals surface area (Å²) in [6, 6.07) is 4.89. The number of aryl methyl sites for hydroxylation is 1. The minimum absolute atomic E-state index is 0.150. The van der Waals surface area contributed by atoms with Crippen molar-refractivity contribution in [3.8, 4) is 0 Å². The topological polar surface area (TPSA) is 46.3 Å². The summed E-state index contributed by atoms with van der Waals surface area (Å²) in [5.74, 6) is -0.345. The molecule has 19 heavy (non-hydrogen) atoms. The van der Waals surface area contributed by atoms with Gasteiger partial charge in [0.1, 0.15) is 5.82 Å². The molecular weight excluding hydrogens is 243 g/mol. The lowest BCUT2D eigenvalue weighted by Gasteiger charge is -2.36. The second kappa shape index (κ2) is 5.70. The predicted octanol–water partition coefficient (Wildman–Crippen LogP) is 2.33. The minimum atomic E-state index is -0.437. The molecule has 1 aromatic rings. The van der Waals surface area contributed by atoms with Gasteiger partial charge in [-0.15, -0.1) is 0 Å². The molecule has 2 N–H and O–H groups in total. The number of carbonyl (C=O) groups excluding carboxylic acids is 1. The van der Waals surface area contributed by atoms with Gasteiger partial charge in [-0.2, -0.15) is 0 Å². The minimum Gasteiger partial charge on any atom is -0.338 e. The van der Waals surface area contributed by atoms with Crippen molar-refractivity contribution in [2.24, 2.45) is 11.7 Å². The Kier molecular flexibility index (Phi) is 4.20. The molecule has 0 aromatic heterocycles. The van der Waals surface area contributed by atoms with E-state index in [1.165, 1.54) is 6.07 Å². The third kappa shape index (κ3) is 2.95. The fourth-order valence-electron chi connectivity index (χ4n) is 2.63. The number of benzene rings is 1. The number of rotatable bonds is 2. The summed E-state index contributed by atoms with van der Waals surface area (Å²) < 4.78 is 13.8. The Hall–Kier alpha value is -1.42. The lowest BCUT2D eigenvalue weighted by atomic mass is 9.90. The van der Waals surface area contributed by atoms with Gasteiger partial charge in [-0.1, -0.05) is 19.4 Å². The van der Waals surface area contributed by atoms with Crippen LogP contribution in [-0.2, 0) is 0 Å². The standard InChI is InChI=1S/C15H21FN2O/c1-3-11-9-18(7-6-14(11)17)15(19)12-5-4-10(2)8-13(12)16/h4-5,8,11,14H,3,6-7,9,17H2,1-2H3. The van der Waals surface area contributed by atoms with E-state index < -0.39 is 5.82 Å². The Bertz CT molecular complexity index is 475. The summed E-state index contributed by atoms with van der Waals surface area (Å²) in [5.41, 5.74) is 7.01. The van der Waals surface area contributed by atoms with Crippen molar-refractivity contribution >= 4 is 5.91 Å². The van der Waals surface area contributed by atoms with E-state index in [-0.39, 0.29) is 17.5 Å². The van der Waals surface area contributed by atoms with E-state index >= 15 is 0 Å². The SMILES string of the molecule is CCC1CN(C(=O)c2ccc(C)cc2F)CCC1N. The smallest absolute Gasteiger partial charge is 0.256 e. The maximum Gasteiger partial charge on any atom is 0.256 e. The maximum atomic E-state index is 13.8. The highest BCUT2D eigenvalue weighted by molar-refractivity contribution is 5.94. The highest BCUT2D eigenvalue weighted by atomic mass is 19.1. The molecule has 0 spiro atoms. The summed E-state index contributed by atoms with van der Waals surface area (Å²) in [7, 11) is 0. The first-order chi connectivity index (χ1) is 9.02. The summed E-state index contributed by atoms with van der Waals surface area (Å²) in [6.45, 7) is 5.13. The van der Waals surface area contributed by atoms with E-state index in [0.717, 1.165) is 18.4 Å². The quantitative estimate of drug-likeness (QED) is 0.891. The molecule has 1 amide bonds. The van der Waals surface area contributed by atoms with Gasteiger partial charge < -0.3 is 10.6 Å². The molecule has 2 atom stereocenters. The van der Waals surface area contributed by atoms with Gasteiger partial charge in [-0.3, -0.25) is 4.79 Å². The first kappa shape index (κ1) is 14.0. The van der Waals surface area contributed by atoms with Gasteiger partial charge in [0.15, 0.2) is 0 Å². The van der Waals surface area contributed by atoms with Crippen molar-refractivity contribution in [3.63, 3.8) is 0 Å². The van der Waals surface area contributed by atoms with Crippen LogP contribution < -0.4 is 5.73 Å². The molecule has 0 bridgehead atoms. The molecule has 0 aliphatic carbocycles.